The van der Waals surface area contributed by atoms with Gasteiger partial charge in [-0.25, -0.2) is 18.3 Å². The Morgan fingerprint density at radius 1 is 1.05 bits per heavy atom. The molecule has 0 saturated heterocycles. The van der Waals surface area contributed by atoms with Gasteiger partial charge in [-0.1, -0.05) is 6.07 Å². The summed E-state index contributed by atoms with van der Waals surface area (Å²) in [6.07, 6.45) is -5.90. The van der Waals surface area contributed by atoms with Crippen LogP contribution in [-0.4, -0.2) is 40.1 Å². The highest BCUT2D eigenvalue weighted by Gasteiger charge is 2.43. The third-order valence-corrected chi connectivity index (χ3v) is 7.25. The number of carboxylic acid groups (broad SMARTS) is 1. The summed E-state index contributed by atoms with van der Waals surface area (Å²) in [7, 11) is 1.45. The molecule has 9 nitrogen and oxygen atoms in total. The molecule has 6 rings (SSSR count). The lowest BCUT2D eigenvalue weighted by molar-refractivity contribution is -0.286. The third kappa shape index (κ3) is 5.33. The maximum Gasteiger partial charge on any atom is 0.586 e. The second-order valence-corrected chi connectivity index (χ2v) is 10.0. The van der Waals surface area contributed by atoms with Crippen LogP contribution in [0.4, 0.5) is 23.2 Å². The summed E-state index contributed by atoms with van der Waals surface area (Å²) in [6.45, 7) is 0. The Hall–Kier alpha value is -5.07. The van der Waals surface area contributed by atoms with Crippen molar-refractivity contribution in [3.05, 3.63) is 94.8 Å². The second kappa shape index (κ2) is 10.6. The minimum Gasteiger partial charge on any atom is -0.484 e. The summed E-state index contributed by atoms with van der Waals surface area (Å²) in [6, 6.07) is 15.9. The number of fused-ring (bicyclic) bond motifs is 2. The molecule has 1 unspecified atom stereocenters. The lowest BCUT2D eigenvalue weighted by atomic mass is 9.93. The van der Waals surface area contributed by atoms with Crippen LogP contribution in [0.1, 0.15) is 63.0 Å². The summed E-state index contributed by atoms with van der Waals surface area (Å²) in [5.41, 5.74) is 1.25. The number of aromatic nitrogens is 2. The summed E-state index contributed by atoms with van der Waals surface area (Å²) in [5, 5.41) is 13.4. The highest BCUT2D eigenvalue weighted by atomic mass is 19.3. The number of carboxylic acids is 1. The maximum atomic E-state index is 14.1. The number of carbonyl (C=O) groups excluding carboxylic acids is 1. The molecule has 13 heteroatoms. The zero-order chi connectivity index (χ0) is 30.5. The molecule has 2 aliphatic rings. The smallest absolute Gasteiger partial charge is 0.484 e. The van der Waals surface area contributed by atoms with E-state index in [2.05, 4.69) is 14.6 Å². The van der Waals surface area contributed by atoms with Gasteiger partial charge in [0.1, 0.15) is 17.5 Å². The number of halogens is 4. The molecule has 4 aromatic rings. The van der Waals surface area contributed by atoms with E-state index in [1.165, 1.54) is 71.2 Å². The van der Waals surface area contributed by atoms with Gasteiger partial charge in [-0.3, -0.25) is 4.79 Å². The van der Waals surface area contributed by atoms with Crippen molar-refractivity contribution in [1.82, 2.24) is 9.78 Å². The first-order valence-electron chi connectivity index (χ1n) is 13.2. The minimum atomic E-state index is -3.80. The predicted molar refractivity (Wildman–Crippen MR) is 144 cm³/mol. The lowest BCUT2D eigenvalue weighted by Gasteiger charge is -2.26. The van der Waals surface area contributed by atoms with E-state index in [9.17, 15) is 32.3 Å². The Kier molecular flexibility index (Phi) is 6.95. The van der Waals surface area contributed by atoms with Gasteiger partial charge >= 0.3 is 12.3 Å². The molecule has 0 bridgehead atoms. The molecule has 0 radical (unpaired) electrons. The van der Waals surface area contributed by atoms with E-state index in [1.54, 1.807) is 12.1 Å². The number of benzene rings is 3. The van der Waals surface area contributed by atoms with Gasteiger partial charge in [-0.05, 0) is 73.9 Å². The van der Waals surface area contributed by atoms with Crippen molar-refractivity contribution in [3.63, 3.8) is 0 Å². The van der Waals surface area contributed by atoms with E-state index in [-0.39, 0.29) is 34.0 Å². The number of amides is 1. The average Bonchev–Trinajstić information content (AvgIpc) is 3.53. The largest absolute Gasteiger partial charge is 0.586 e. The van der Waals surface area contributed by atoms with Gasteiger partial charge in [-0.15, -0.1) is 8.78 Å². The Bertz CT molecular complexity index is 1720. The van der Waals surface area contributed by atoms with Crippen LogP contribution >= 0.6 is 0 Å². The van der Waals surface area contributed by atoms with Gasteiger partial charge in [0.2, 0.25) is 0 Å². The van der Waals surface area contributed by atoms with Gasteiger partial charge in [0.05, 0.1) is 16.9 Å². The van der Waals surface area contributed by atoms with E-state index in [1.807, 2.05) is 0 Å². The highest BCUT2D eigenvalue weighted by Crippen LogP contribution is 2.43. The first-order valence-corrected chi connectivity index (χ1v) is 13.2. The number of hydrogen-bond donors (Lipinski definition) is 1. The summed E-state index contributed by atoms with van der Waals surface area (Å²) in [5.74, 6) is -1.62. The van der Waals surface area contributed by atoms with E-state index < -0.39 is 30.7 Å². The SMILES string of the molecule is CN(C(=O)c1cccc(-n2nc(C(F)F)c3c2C(Oc2ccc(C(=O)O)cc2)CCC3)c1)c1ccc2c(c1)OC(F)(F)O2. The fourth-order valence-electron chi connectivity index (χ4n) is 5.22. The van der Waals surface area contributed by atoms with Gasteiger partial charge in [0.15, 0.2) is 11.5 Å². The molecule has 0 fully saturated rings. The molecule has 2 heterocycles. The lowest BCUT2D eigenvalue weighted by Crippen LogP contribution is -2.26. The number of ether oxygens (including phenoxy) is 3. The maximum absolute atomic E-state index is 14.1. The van der Waals surface area contributed by atoms with Crippen LogP contribution in [0.3, 0.4) is 0 Å². The van der Waals surface area contributed by atoms with Crippen LogP contribution in [0.2, 0.25) is 0 Å². The Morgan fingerprint density at radius 2 is 1.79 bits per heavy atom. The number of rotatable bonds is 7. The number of alkyl halides is 4. The highest BCUT2D eigenvalue weighted by molar-refractivity contribution is 6.06. The van der Waals surface area contributed by atoms with Crippen LogP contribution in [0.15, 0.2) is 66.7 Å². The Morgan fingerprint density at radius 3 is 2.51 bits per heavy atom. The molecule has 43 heavy (non-hydrogen) atoms. The normalized spacial score (nSPS) is 16.6. The standard InChI is InChI=1S/C30H23F4N3O6/c1-36(18-10-13-22-24(15-18)43-30(33,34)42-22)28(38)17-4-2-5-19(14-17)37-26-21(25(35-37)27(31)32)6-3-7-23(26)41-20-11-8-16(9-12-20)29(39)40/h2,4-5,8-15,23,27H,3,6-7H2,1H3,(H,39,40). The van der Waals surface area contributed by atoms with Gasteiger partial charge < -0.3 is 24.2 Å². The Balaban J connectivity index is 1.32. The number of hydrogen-bond acceptors (Lipinski definition) is 6. The van der Waals surface area contributed by atoms with Crippen molar-refractivity contribution in [2.45, 2.75) is 38.1 Å². The number of anilines is 1. The van der Waals surface area contributed by atoms with Crippen molar-refractivity contribution >= 4 is 17.6 Å². The molecular formula is C30H23F4N3O6. The fourth-order valence-corrected chi connectivity index (χ4v) is 5.22. The van der Waals surface area contributed by atoms with E-state index in [0.29, 0.717) is 42.0 Å². The molecular weight excluding hydrogens is 574 g/mol. The minimum absolute atomic E-state index is 0.0758. The fraction of sp³-hybridized carbons (Fsp3) is 0.233. The third-order valence-electron chi connectivity index (χ3n) is 7.25. The summed E-state index contributed by atoms with van der Waals surface area (Å²) in [4.78, 5) is 25.9. The van der Waals surface area contributed by atoms with Crippen molar-refractivity contribution in [2.75, 3.05) is 11.9 Å². The zero-order valence-electron chi connectivity index (χ0n) is 22.5. The van der Waals surface area contributed by atoms with Gasteiger partial charge in [0.25, 0.3) is 12.3 Å². The molecule has 1 N–H and O–H groups in total. The molecule has 3 aromatic carbocycles. The molecule has 1 aliphatic heterocycles. The van der Waals surface area contributed by atoms with Crippen LogP contribution in [0.25, 0.3) is 5.69 Å². The first kappa shape index (κ1) is 28.1. The van der Waals surface area contributed by atoms with Crippen LogP contribution in [-0.2, 0) is 6.42 Å². The van der Waals surface area contributed by atoms with Crippen molar-refractivity contribution in [1.29, 1.82) is 0 Å². The average molecular weight is 598 g/mol. The van der Waals surface area contributed by atoms with Crippen molar-refractivity contribution in [3.8, 4) is 22.9 Å². The molecule has 1 atom stereocenters. The predicted octanol–water partition coefficient (Wildman–Crippen LogP) is 6.56. The molecule has 1 aromatic heterocycles. The van der Waals surface area contributed by atoms with E-state index >= 15 is 0 Å². The number of aromatic carboxylic acids is 1. The second-order valence-electron chi connectivity index (χ2n) is 10.0. The monoisotopic (exact) mass is 597 g/mol. The van der Waals surface area contributed by atoms with Crippen LogP contribution in [0.5, 0.6) is 17.2 Å². The topological polar surface area (TPSA) is 103 Å². The molecule has 0 saturated carbocycles. The summed E-state index contributed by atoms with van der Waals surface area (Å²) < 4.78 is 71.5. The molecule has 1 aliphatic carbocycles. The molecule has 0 spiro atoms. The van der Waals surface area contributed by atoms with Gasteiger partial charge in [0, 0.05) is 29.9 Å². The number of nitrogens with zero attached hydrogens (tertiary/aromatic N) is 3. The van der Waals surface area contributed by atoms with E-state index in [4.69, 9.17) is 4.74 Å². The van der Waals surface area contributed by atoms with Crippen molar-refractivity contribution < 1.29 is 46.5 Å². The quantitative estimate of drug-likeness (QED) is 0.241. The zero-order valence-corrected chi connectivity index (χ0v) is 22.5. The molecule has 1 amide bonds. The van der Waals surface area contributed by atoms with Crippen LogP contribution in [0, 0.1) is 0 Å². The van der Waals surface area contributed by atoms with E-state index in [0.717, 1.165) is 0 Å². The van der Waals surface area contributed by atoms with Crippen LogP contribution < -0.4 is 19.1 Å². The Labute approximate surface area is 241 Å². The number of carbonyl (C=O) groups is 2. The first-order chi connectivity index (χ1) is 20.5. The summed E-state index contributed by atoms with van der Waals surface area (Å²) >= 11 is 0. The van der Waals surface area contributed by atoms with Gasteiger partial charge in [-0.2, -0.15) is 5.10 Å². The van der Waals surface area contributed by atoms with Crippen molar-refractivity contribution in [2.24, 2.45) is 0 Å². The molecule has 222 valence electrons.